The number of amides is 2. The van der Waals surface area contributed by atoms with E-state index in [4.69, 9.17) is 28.2 Å². The molecular formula is C60H59Cl2F6IN8O2. The lowest BCUT2D eigenvalue weighted by molar-refractivity contribution is -0.138. The third-order valence-corrected chi connectivity index (χ3v) is 16.5. The van der Waals surface area contributed by atoms with Crippen molar-refractivity contribution in [1.29, 1.82) is 0 Å². The Balaban J connectivity index is 0.000000181. The molecule has 79 heavy (non-hydrogen) atoms. The summed E-state index contributed by atoms with van der Waals surface area (Å²) in [6.45, 7) is 8.14. The number of alkyl halides is 6. The Hall–Kier alpha value is -5.73. The fraction of sp³-hybridized carbons (Fsp3) is 0.367. The van der Waals surface area contributed by atoms with Crippen LogP contribution in [0.4, 0.5) is 38.0 Å². The molecule has 0 spiro atoms. The Morgan fingerprint density at radius 3 is 1.39 bits per heavy atom. The molecular weight excluding hydrogens is 1180 g/mol. The molecule has 4 saturated heterocycles. The number of likely N-dealkylation sites (tertiary alicyclic amines) is 4. The number of rotatable bonds is 13. The summed E-state index contributed by atoms with van der Waals surface area (Å²) in [6, 6.07) is 30.9. The standard InChI is InChI=1S/C33H31Cl2F3N4O.C27H28F3IN4O/c34-25-14-23(15-26(35)17-25)22-7-10-30-28(16-22)29(32(43)42-13-3-4-27(42)20-41-11-1-2-12-41)18-31(40-30)39-19-21-5-8-24(9-6-21)33(36,37)38;28-27(29,30)19-7-5-18(6-8-19)16-32-25-15-23(22-14-20(31)9-10-24(22)33-25)26(36)35-13-3-4-21(35)17-34-11-1-2-12-34/h5-10,14-18,27H,1-4,11-13,19-20H2,(H,39,40);5-10,14-15,21H,1-4,11-13,16-17H2,(H,32,33)/t27-;21-/m00/s1. The maximum atomic E-state index is 14.3. The van der Waals surface area contributed by atoms with E-state index in [9.17, 15) is 35.9 Å². The van der Waals surface area contributed by atoms with Gasteiger partial charge in [-0.15, -0.1) is 0 Å². The highest BCUT2D eigenvalue weighted by Crippen LogP contribution is 2.35. The van der Waals surface area contributed by atoms with Gasteiger partial charge in [0, 0.05) is 75.7 Å². The third kappa shape index (κ3) is 13.9. The molecule has 10 nitrogen and oxygen atoms in total. The largest absolute Gasteiger partial charge is 0.416 e. The van der Waals surface area contributed by atoms with Crippen molar-refractivity contribution in [3.8, 4) is 11.1 Å². The van der Waals surface area contributed by atoms with E-state index in [0.29, 0.717) is 73.4 Å². The second kappa shape index (κ2) is 24.6. The van der Waals surface area contributed by atoms with E-state index in [1.54, 1.807) is 18.2 Å². The van der Waals surface area contributed by atoms with Gasteiger partial charge in [-0.25, -0.2) is 9.97 Å². The second-order valence-corrected chi connectivity index (χ2v) is 23.0. The Morgan fingerprint density at radius 2 is 0.949 bits per heavy atom. The molecule has 2 N–H and O–H groups in total. The van der Waals surface area contributed by atoms with Crippen molar-refractivity contribution in [3.05, 3.63) is 162 Å². The number of nitrogens with one attached hydrogen (secondary N) is 2. The van der Waals surface area contributed by atoms with Gasteiger partial charge >= 0.3 is 12.4 Å². The van der Waals surface area contributed by atoms with Crippen molar-refractivity contribution in [1.82, 2.24) is 29.6 Å². The van der Waals surface area contributed by atoms with Crippen LogP contribution in [0.3, 0.4) is 0 Å². The van der Waals surface area contributed by atoms with Crippen LogP contribution in [0.2, 0.25) is 10.0 Å². The van der Waals surface area contributed by atoms with Gasteiger partial charge in [0.05, 0.1) is 33.3 Å². The number of pyridine rings is 2. The molecule has 0 bridgehead atoms. The van der Waals surface area contributed by atoms with Crippen molar-refractivity contribution in [2.45, 2.75) is 88.9 Å². The monoisotopic (exact) mass is 1230 g/mol. The topological polar surface area (TPSA) is 96.9 Å². The van der Waals surface area contributed by atoms with Gasteiger partial charge in [0.1, 0.15) is 11.6 Å². The molecule has 4 aliphatic rings. The fourth-order valence-corrected chi connectivity index (χ4v) is 12.3. The summed E-state index contributed by atoms with van der Waals surface area (Å²) < 4.78 is 78.7. The van der Waals surface area contributed by atoms with E-state index in [2.05, 4.69) is 48.0 Å². The molecule has 2 amide bonds. The Morgan fingerprint density at radius 1 is 0.519 bits per heavy atom. The Kier molecular flexibility index (Phi) is 17.6. The number of hydrogen-bond acceptors (Lipinski definition) is 8. The number of carbonyl (C=O) groups is 2. The van der Waals surface area contributed by atoms with E-state index in [0.717, 1.165) is 116 Å². The lowest BCUT2D eigenvalue weighted by atomic mass is 10.00. The smallest absolute Gasteiger partial charge is 0.366 e. The van der Waals surface area contributed by atoms with Gasteiger partial charge in [-0.3, -0.25) is 9.59 Å². The SMILES string of the molecule is O=C(c1cc(NCc2ccc(C(F)(F)F)cc2)nc2ccc(-c3cc(Cl)cc(Cl)c3)cc12)N1CCC[C@H]1CN1CCCC1.O=C(c1cc(NCc2ccc(C(F)(F)F)cc2)nc2ccc(I)cc12)N1CCC[C@H]1CN1CCCC1. The van der Waals surface area contributed by atoms with E-state index < -0.39 is 23.5 Å². The van der Waals surface area contributed by atoms with Crippen LogP contribution < -0.4 is 10.6 Å². The summed E-state index contributed by atoms with van der Waals surface area (Å²) in [5, 5.41) is 8.99. The Labute approximate surface area is 479 Å². The third-order valence-electron chi connectivity index (χ3n) is 15.4. The minimum absolute atomic E-state index is 0.0173. The van der Waals surface area contributed by atoms with E-state index in [-0.39, 0.29) is 30.4 Å². The molecule has 4 fully saturated rings. The first-order chi connectivity index (χ1) is 37.9. The zero-order valence-corrected chi connectivity index (χ0v) is 46.9. The number of fused-ring (bicyclic) bond motifs is 2. The number of anilines is 2. The average Bonchev–Trinajstić information content (AvgIpc) is 4.38. The van der Waals surface area contributed by atoms with Gasteiger partial charge < -0.3 is 30.2 Å². The van der Waals surface area contributed by atoms with E-state index in [1.165, 1.54) is 49.9 Å². The fourth-order valence-electron chi connectivity index (χ4n) is 11.3. The molecule has 414 valence electrons. The Bertz CT molecular complexity index is 3300. The summed E-state index contributed by atoms with van der Waals surface area (Å²) >= 11 is 14.8. The summed E-state index contributed by atoms with van der Waals surface area (Å²) in [5.41, 5.74) is 4.17. The van der Waals surface area contributed by atoms with Crippen LogP contribution in [0.25, 0.3) is 32.9 Å². The number of benzene rings is 5. The van der Waals surface area contributed by atoms with Crippen LogP contribution >= 0.6 is 45.8 Å². The minimum Gasteiger partial charge on any atom is -0.366 e. The maximum absolute atomic E-state index is 14.3. The molecule has 0 saturated carbocycles. The molecule has 2 aromatic heterocycles. The average molecular weight is 1240 g/mol. The van der Waals surface area contributed by atoms with Crippen molar-refractivity contribution < 1.29 is 35.9 Å². The van der Waals surface area contributed by atoms with Gasteiger partial charge in [-0.05, 0) is 207 Å². The molecule has 6 heterocycles. The van der Waals surface area contributed by atoms with Crippen LogP contribution in [-0.4, -0.2) is 106 Å². The van der Waals surface area contributed by atoms with Crippen LogP contribution in [0, 0.1) is 3.57 Å². The zero-order valence-electron chi connectivity index (χ0n) is 43.3. The number of nitrogens with zero attached hydrogens (tertiary/aromatic N) is 6. The molecule has 0 unspecified atom stereocenters. The number of aromatic nitrogens is 2. The summed E-state index contributed by atoms with van der Waals surface area (Å²) in [6.07, 6.45) is 0.0319. The maximum Gasteiger partial charge on any atom is 0.416 e. The molecule has 11 rings (SSSR count). The van der Waals surface area contributed by atoms with Gasteiger partial charge in [0.25, 0.3) is 11.8 Å². The normalized spacial score (nSPS) is 18.1. The van der Waals surface area contributed by atoms with Crippen LogP contribution in [-0.2, 0) is 25.4 Å². The predicted octanol–water partition coefficient (Wildman–Crippen LogP) is 14.7. The molecule has 7 aromatic rings. The summed E-state index contributed by atoms with van der Waals surface area (Å²) in [5.74, 6) is 0.975. The number of halogens is 9. The van der Waals surface area contributed by atoms with Gasteiger partial charge in [0.15, 0.2) is 0 Å². The van der Waals surface area contributed by atoms with Gasteiger partial charge in [-0.2, -0.15) is 26.3 Å². The first-order valence-electron chi connectivity index (χ1n) is 26.8. The zero-order chi connectivity index (χ0) is 55.4. The molecule has 0 radical (unpaired) electrons. The summed E-state index contributed by atoms with van der Waals surface area (Å²) in [7, 11) is 0. The molecule has 19 heteroatoms. The first kappa shape index (κ1) is 56.5. The van der Waals surface area contributed by atoms with Crippen LogP contribution in [0.5, 0.6) is 0 Å². The van der Waals surface area contributed by atoms with Crippen molar-refractivity contribution >= 4 is 91.0 Å². The van der Waals surface area contributed by atoms with E-state index in [1.807, 2.05) is 58.3 Å². The van der Waals surface area contributed by atoms with E-state index >= 15 is 0 Å². The van der Waals surface area contributed by atoms with Gasteiger partial charge in [-0.1, -0.05) is 53.5 Å². The predicted molar refractivity (Wildman–Crippen MR) is 309 cm³/mol. The molecule has 2 atom stereocenters. The highest BCUT2D eigenvalue weighted by molar-refractivity contribution is 14.1. The molecule has 5 aromatic carbocycles. The van der Waals surface area contributed by atoms with Crippen molar-refractivity contribution in [3.63, 3.8) is 0 Å². The molecule has 0 aliphatic carbocycles. The quantitative estimate of drug-likeness (QED) is 0.0871. The highest BCUT2D eigenvalue weighted by atomic mass is 127. The first-order valence-corrected chi connectivity index (χ1v) is 28.6. The van der Waals surface area contributed by atoms with Crippen LogP contribution in [0.1, 0.15) is 94.3 Å². The van der Waals surface area contributed by atoms with Crippen molar-refractivity contribution in [2.24, 2.45) is 0 Å². The number of hydrogen-bond donors (Lipinski definition) is 2. The van der Waals surface area contributed by atoms with Crippen molar-refractivity contribution in [2.75, 3.05) is 63.0 Å². The molecule has 4 aliphatic heterocycles. The van der Waals surface area contributed by atoms with Gasteiger partial charge in [0.2, 0.25) is 0 Å². The minimum atomic E-state index is -4.39. The number of carbonyl (C=O) groups excluding carboxylic acids is 2. The lowest BCUT2D eigenvalue weighted by Gasteiger charge is -2.29. The summed E-state index contributed by atoms with van der Waals surface area (Å²) in [4.78, 5) is 46.5. The lowest BCUT2D eigenvalue weighted by Crippen LogP contribution is -2.42. The van der Waals surface area contributed by atoms with Crippen LogP contribution in [0.15, 0.2) is 115 Å². The second-order valence-electron chi connectivity index (χ2n) is 20.9. The highest BCUT2D eigenvalue weighted by Gasteiger charge is 2.35.